The van der Waals surface area contributed by atoms with E-state index in [2.05, 4.69) is 49.5 Å². The van der Waals surface area contributed by atoms with Crippen LogP contribution in [-0.4, -0.2) is 24.7 Å². The third kappa shape index (κ3) is 7.51. The summed E-state index contributed by atoms with van der Waals surface area (Å²) in [5, 5.41) is 3.20. The summed E-state index contributed by atoms with van der Waals surface area (Å²) >= 11 is 0. The molecule has 0 aromatic heterocycles. The van der Waals surface area contributed by atoms with Gasteiger partial charge in [-0.15, -0.1) is 0 Å². The molecule has 1 amide bonds. The highest BCUT2D eigenvalue weighted by Crippen LogP contribution is 2.36. The molecule has 36 heavy (non-hydrogen) atoms. The van der Waals surface area contributed by atoms with Crippen molar-refractivity contribution in [2.24, 2.45) is 11.8 Å². The van der Waals surface area contributed by atoms with E-state index in [0.717, 1.165) is 43.4 Å². The third-order valence-electron chi connectivity index (χ3n) is 7.44. The second-order valence-corrected chi connectivity index (χ2v) is 10.7. The number of halogens is 1. The van der Waals surface area contributed by atoms with Crippen molar-refractivity contribution in [1.29, 1.82) is 0 Å². The van der Waals surface area contributed by atoms with Gasteiger partial charge in [0.1, 0.15) is 5.82 Å². The minimum atomic E-state index is -0.268. The molecular formula is C32H38FNO2. The Kier molecular flexibility index (Phi) is 8.93. The molecular weight excluding hydrogens is 449 g/mol. The summed E-state index contributed by atoms with van der Waals surface area (Å²) in [6.45, 7) is 5.81. The highest BCUT2D eigenvalue weighted by Gasteiger charge is 2.33. The van der Waals surface area contributed by atoms with Crippen LogP contribution >= 0.6 is 0 Å². The molecule has 0 unspecified atom stereocenters. The number of amides is 1. The zero-order valence-corrected chi connectivity index (χ0v) is 21.5. The van der Waals surface area contributed by atoms with Crippen LogP contribution in [0.2, 0.25) is 0 Å². The molecule has 1 aliphatic heterocycles. The Balaban J connectivity index is 1.40. The molecule has 0 spiro atoms. The predicted molar refractivity (Wildman–Crippen MR) is 143 cm³/mol. The fraction of sp³-hybridized carbons (Fsp3) is 0.406. The number of ether oxygens (including phenoxy) is 1. The Morgan fingerprint density at radius 2 is 1.61 bits per heavy atom. The van der Waals surface area contributed by atoms with E-state index in [1.807, 2.05) is 30.3 Å². The van der Waals surface area contributed by atoms with Gasteiger partial charge in [-0.3, -0.25) is 4.79 Å². The molecule has 3 aromatic rings. The molecule has 1 fully saturated rings. The van der Waals surface area contributed by atoms with Gasteiger partial charge in [-0.1, -0.05) is 72.8 Å². The first-order chi connectivity index (χ1) is 17.4. The zero-order chi connectivity index (χ0) is 25.4. The number of hydrogen-bond acceptors (Lipinski definition) is 2. The van der Waals surface area contributed by atoms with E-state index in [1.165, 1.54) is 17.7 Å². The predicted octanol–water partition coefficient (Wildman–Crippen LogP) is 6.92. The lowest BCUT2D eigenvalue weighted by molar-refractivity contribution is -0.121. The second-order valence-electron chi connectivity index (χ2n) is 10.7. The number of carbonyl (C=O) groups is 1. The van der Waals surface area contributed by atoms with Crippen molar-refractivity contribution in [3.05, 3.63) is 107 Å². The van der Waals surface area contributed by atoms with Crippen LogP contribution in [0.4, 0.5) is 4.39 Å². The lowest BCUT2D eigenvalue weighted by atomic mass is 9.75. The van der Waals surface area contributed by atoms with Gasteiger partial charge in [-0.05, 0) is 80.2 Å². The van der Waals surface area contributed by atoms with Gasteiger partial charge in [0.2, 0.25) is 5.91 Å². The quantitative estimate of drug-likeness (QED) is 0.337. The summed E-state index contributed by atoms with van der Waals surface area (Å²) in [5.74, 6) is 0.706. The van der Waals surface area contributed by atoms with Gasteiger partial charge >= 0.3 is 0 Å². The van der Waals surface area contributed by atoms with Crippen molar-refractivity contribution >= 4 is 5.91 Å². The molecule has 190 valence electrons. The first-order valence-electron chi connectivity index (χ1n) is 13.1. The van der Waals surface area contributed by atoms with Crippen LogP contribution in [0.15, 0.2) is 84.9 Å². The molecule has 0 saturated carbocycles. The Hall–Kier alpha value is -2.98. The minimum Gasteiger partial charge on any atom is -0.376 e. The summed E-state index contributed by atoms with van der Waals surface area (Å²) in [4.78, 5) is 13.1. The maximum atomic E-state index is 13.5. The maximum absolute atomic E-state index is 13.5. The average molecular weight is 488 g/mol. The Bertz CT molecular complexity index is 1080. The van der Waals surface area contributed by atoms with Crippen molar-refractivity contribution in [2.45, 2.75) is 57.5 Å². The van der Waals surface area contributed by atoms with Gasteiger partial charge in [-0.2, -0.15) is 0 Å². The Morgan fingerprint density at radius 1 is 0.972 bits per heavy atom. The van der Waals surface area contributed by atoms with Crippen LogP contribution < -0.4 is 5.32 Å². The molecule has 1 aliphatic rings. The highest BCUT2D eigenvalue weighted by molar-refractivity contribution is 5.77. The fourth-order valence-electron chi connectivity index (χ4n) is 5.57. The van der Waals surface area contributed by atoms with Crippen LogP contribution in [0.5, 0.6) is 0 Å². The SMILES string of the molecule is CC1(C)C[C@@H]([C@H](CCNC(=O)C[C@@H](c2ccccc2)c2ccc(F)cc2)Cc2ccccc2)CCO1. The normalized spacial score (nSPS) is 18.8. The van der Waals surface area contributed by atoms with Crippen LogP contribution in [0, 0.1) is 17.7 Å². The van der Waals surface area contributed by atoms with E-state index in [-0.39, 0.29) is 23.2 Å². The minimum absolute atomic E-state index is 0.0268. The number of carbonyl (C=O) groups excluding carboxylic acids is 1. The van der Waals surface area contributed by atoms with Gasteiger partial charge in [0.15, 0.2) is 0 Å². The van der Waals surface area contributed by atoms with Gasteiger partial charge < -0.3 is 10.1 Å². The molecule has 4 heteroatoms. The monoisotopic (exact) mass is 487 g/mol. The molecule has 0 bridgehead atoms. The molecule has 0 aliphatic carbocycles. The van der Waals surface area contributed by atoms with Gasteiger partial charge in [0.05, 0.1) is 5.60 Å². The molecule has 0 radical (unpaired) electrons. The number of benzene rings is 3. The van der Waals surface area contributed by atoms with E-state index in [0.29, 0.717) is 24.8 Å². The van der Waals surface area contributed by atoms with Crippen molar-refractivity contribution < 1.29 is 13.9 Å². The topological polar surface area (TPSA) is 38.3 Å². The summed E-state index contributed by atoms with van der Waals surface area (Å²) in [6.07, 6.45) is 4.39. The molecule has 3 aromatic carbocycles. The van der Waals surface area contributed by atoms with E-state index in [1.54, 1.807) is 12.1 Å². The highest BCUT2D eigenvalue weighted by atomic mass is 19.1. The Morgan fingerprint density at radius 3 is 2.28 bits per heavy atom. The van der Waals surface area contributed by atoms with Crippen LogP contribution in [-0.2, 0) is 16.0 Å². The first-order valence-corrected chi connectivity index (χ1v) is 13.1. The summed E-state index contributed by atoms with van der Waals surface area (Å²) in [6, 6.07) is 27.1. The number of nitrogens with one attached hydrogen (secondary N) is 1. The van der Waals surface area contributed by atoms with E-state index >= 15 is 0 Å². The lowest BCUT2D eigenvalue weighted by Gasteiger charge is -2.39. The van der Waals surface area contributed by atoms with Crippen molar-refractivity contribution in [2.75, 3.05) is 13.2 Å². The third-order valence-corrected chi connectivity index (χ3v) is 7.44. The molecule has 1 heterocycles. The smallest absolute Gasteiger partial charge is 0.220 e. The first kappa shape index (κ1) is 26.1. The van der Waals surface area contributed by atoms with Crippen molar-refractivity contribution in [3.8, 4) is 0 Å². The summed E-state index contributed by atoms with van der Waals surface area (Å²) in [5.41, 5.74) is 3.26. The Labute approximate surface area is 215 Å². The van der Waals surface area contributed by atoms with Crippen molar-refractivity contribution in [1.82, 2.24) is 5.32 Å². The average Bonchev–Trinajstić information content (AvgIpc) is 2.88. The van der Waals surface area contributed by atoms with E-state index in [4.69, 9.17) is 4.74 Å². The van der Waals surface area contributed by atoms with Crippen molar-refractivity contribution in [3.63, 3.8) is 0 Å². The zero-order valence-electron chi connectivity index (χ0n) is 21.5. The standard InChI is InChI=1S/C32H38FNO2/c1-32(2)23-28(18-20-36-32)27(21-24-9-5-3-6-10-24)17-19-34-31(35)22-30(25-11-7-4-8-12-25)26-13-15-29(33)16-14-26/h3-16,27-28,30H,17-23H2,1-2H3,(H,34,35)/t27-,28+,30+/m1/s1. The number of rotatable bonds is 10. The largest absolute Gasteiger partial charge is 0.376 e. The molecule has 1 saturated heterocycles. The van der Waals surface area contributed by atoms with Crippen LogP contribution in [0.3, 0.4) is 0 Å². The van der Waals surface area contributed by atoms with Crippen LogP contribution in [0.25, 0.3) is 0 Å². The maximum Gasteiger partial charge on any atom is 0.220 e. The van der Waals surface area contributed by atoms with E-state index in [9.17, 15) is 9.18 Å². The van der Waals surface area contributed by atoms with Gasteiger partial charge in [0, 0.05) is 25.5 Å². The molecule has 1 N–H and O–H groups in total. The van der Waals surface area contributed by atoms with Crippen LogP contribution in [0.1, 0.15) is 62.1 Å². The molecule has 4 rings (SSSR count). The second kappa shape index (κ2) is 12.3. The lowest BCUT2D eigenvalue weighted by Crippen LogP contribution is -2.38. The summed E-state index contributed by atoms with van der Waals surface area (Å²) in [7, 11) is 0. The fourth-order valence-corrected chi connectivity index (χ4v) is 5.57. The molecule has 3 atom stereocenters. The number of hydrogen-bond donors (Lipinski definition) is 1. The van der Waals surface area contributed by atoms with E-state index < -0.39 is 0 Å². The molecule has 3 nitrogen and oxygen atoms in total. The summed E-state index contributed by atoms with van der Waals surface area (Å²) < 4.78 is 19.5. The van der Waals surface area contributed by atoms with Gasteiger partial charge in [-0.25, -0.2) is 4.39 Å². The van der Waals surface area contributed by atoms with Gasteiger partial charge in [0.25, 0.3) is 0 Å².